The molecule has 0 bridgehead atoms. The average Bonchev–Trinajstić information content (AvgIpc) is 2.72. The number of rotatable bonds is 4. The van der Waals surface area contributed by atoms with Crippen molar-refractivity contribution in [3.63, 3.8) is 0 Å². The van der Waals surface area contributed by atoms with Gasteiger partial charge in [-0.15, -0.1) is 0 Å². The fourth-order valence-electron chi connectivity index (χ4n) is 1.33. The Labute approximate surface area is 102 Å². The molecule has 18 heavy (non-hydrogen) atoms. The van der Waals surface area contributed by atoms with Crippen LogP contribution in [0.25, 0.3) is 0 Å². The first-order valence-electron chi connectivity index (χ1n) is 5.16. The molecule has 2 aromatic heterocycles. The van der Waals surface area contributed by atoms with Crippen LogP contribution >= 0.6 is 0 Å². The zero-order chi connectivity index (χ0) is 13.1. The first-order chi connectivity index (χ1) is 8.56. The molecule has 0 amide bonds. The van der Waals surface area contributed by atoms with Gasteiger partial charge < -0.3 is 14.9 Å². The van der Waals surface area contributed by atoms with Gasteiger partial charge in [-0.1, -0.05) is 5.16 Å². The molecule has 0 fully saturated rings. The molecule has 94 valence electrons. The van der Waals surface area contributed by atoms with Gasteiger partial charge in [-0.05, 0) is 13.8 Å². The number of carboxylic acid groups (broad SMARTS) is 1. The van der Waals surface area contributed by atoms with Crippen molar-refractivity contribution >= 4 is 11.8 Å². The number of carboxylic acids is 1. The molecule has 2 N–H and O–H groups in total. The van der Waals surface area contributed by atoms with Gasteiger partial charge in [0.1, 0.15) is 17.2 Å². The van der Waals surface area contributed by atoms with Crippen molar-refractivity contribution in [2.75, 3.05) is 5.32 Å². The van der Waals surface area contributed by atoms with Gasteiger partial charge in [0.15, 0.2) is 5.82 Å². The van der Waals surface area contributed by atoms with Crippen LogP contribution in [0.2, 0.25) is 0 Å². The van der Waals surface area contributed by atoms with Crippen molar-refractivity contribution < 1.29 is 14.4 Å². The normalized spacial score (nSPS) is 10.3. The number of carbonyl (C=O) groups is 1. The zero-order valence-electron chi connectivity index (χ0n) is 9.84. The Balaban J connectivity index is 2.17. The Morgan fingerprint density at radius 1 is 1.39 bits per heavy atom. The topological polar surface area (TPSA) is 114 Å². The van der Waals surface area contributed by atoms with E-state index in [9.17, 15) is 4.79 Å². The fraction of sp³-hybridized carbons (Fsp3) is 0.300. The zero-order valence-corrected chi connectivity index (χ0v) is 9.84. The van der Waals surface area contributed by atoms with E-state index < -0.39 is 5.97 Å². The van der Waals surface area contributed by atoms with Gasteiger partial charge in [0, 0.05) is 6.20 Å². The molecule has 8 heteroatoms. The molecule has 0 saturated carbocycles. The van der Waals surface area contributed by atoms with Crippen LogP contribution in [-0.2, 0) is 6.54 Å². The Bertz CT molecular complexity index is 581. The molecule has 0 aliphatic carbocycles. The smallest absolute Gasteiger partial charge is 0.341 e. The lowest BCUT2D eigenvalue weighted by atomic mass is 10.3. The van der Waals surface area contributed by atoms with Crippen LogP contribution in [0.4, 0.5) is 5.82 Å². The van der Waals surface area contributed by atoms with Gasteiger partial charge in [0.25, 0.3) is 0 Å². The molecule has 0 aromatic carbocycles. The number of aryl methyl sites for hydroxylation is 2. The second-order valence-corrected chi connectivity index (χ2v) is 3.57. The van der Waals surface area contributed by atoms with Gasteiger partial charge in [-0.2, -0.15) is 4.98 Å². The second-order valence-electron chi connectivity index (χ2n) is 3.57. The average molecular weight is 249 g/mol. The van der Waals surface area contributed by atoms with E-state index in [0.717, 1.165) is 0 Å². The van der Waals surface area contributed by atoms with E-state index in [0.29, 0.717) is 17.5 Å². The van der Waals surface area contributed by atoms with Crippen molar-refractivity contribution in [2.45, 2.75) is 20.4 Å². The minimum absolute atomic E-state index is 0.00293. The first kappa shape index (κ1) is 12.0. The number of nitrogens with one attached hydrogen (secondary N) is 1. The highest BCUT2D eigenvalue weighted by Crippen LogP contribution is 2.12. The summed E-state index contributed by atoms with van der Waals surface area (Å²) in [5.41, 5.74) is -0.00293. The Morgan fingerprint density at radius 2 is 2.17 bits per heavy atom. The van der Waals surface area contributed by atoms with E-state index >= 15 is 0 Å². The molecule has 0 saturated heterocycles. The van der Waals surface area contributed by atoms with Crippen LogP contribution in [-0.4, -0.2) is 31.2 Å². The van der Waals surface area contributed by atoms with Gasteiger partial charge >= 0.3 is 5.97 Å². The molecule has 0 spiro atoms. The molecule has 0 unspecified atom stereocenters. The third kappa shape index (κ3) is 2.59. The highest BCUT2D eigenvalue weighted by atomic mass is 16.5. The molecular formula is C10H11N5O3. The summed E-state index contributed by atoms with van der Waals surface area (Å²) in [4.78, 5) is 22.8. The maximum atomic E-state index is 11.0. The molecule has 2 rings (SSSR count). The highest BCUT2D eigenvalue weighted by Gasteiger charge is 2.13. The van der Waals surface area contributed by atoms with Crippen molar-refractivity contribution in [2.24, 2.45) is 0 Å². The summed E-state index contributed by atoms with van der Waals surface area (Å²) >= 11 is 0. The molecule has 2 aromatic rings. The van der Waals surface area contributed by atoms with E-state index in [1.54, 1.807) is 13.8 Å². The summed E-state index contributed by atoms with van der Waals surface area (Å²) in [6.07, 6.45) is 1.26. The predicted octanol–water partition coefficient (Wildman–Crippen LogP) is 0.787. The largest absolute Gasteiger partial charge is 0.477 e. The van der Waals surface area contributed by atoms with Crippen LogP contribution in [0.1, 0.15) is 27.9 Å². The van der Waals surface area contributed by atoms with Gasteiger partial charge in [0.2, 0.25) is 5.89 Å². The van der Waals surface area contributed by atoms with Crippen molar-refractivity contribution in [3.05, 3.63) is 29.3 Å². The van der Waals surface area contributed by atoms with Crippen LogP contribution in [0, 0.1) is 13.8 Å². The number of aromatic nitrogens is 4. The number of hydrogen-bond donors (Lipinski definition) is 2. The summed E-state index contributed by atoms with van der Waals surface area (Å²) < 4.78 is 4.90. The SMILES string of the molecule is Cc1noc(CNc2nc(C)ncc2C(=O)O)n1. The van der Waals surface area contributed by atoms with Gasteiger partial charge in [-0.3, -0.25) is 0 Å². The van der Waals surface area contributed by atoms with Crippen LogP contribution < -0.4 is 5.32 Å². The van der Waals surface area contributed by atoms with E-state index in [4.69, 9.17) is 9.63 Å². The molecule has 0 radical (unpaired) electrons. The fourth-order valence-corrected chi connectivity index (χ4v) is 1.33. The summed E-state index contributed by atoms with van der Waals surface area (Å²) in [6, 6.07) is 0. The minimum Gasteiger partial charge on any atom is -0.477 e. The molecule has 0 aliphatic rings. The van der Waals surface area contributed by atoms with Gasteiger partial charge in [-0.25, -0.2) is 14.8 Å². The molecule has 0 aliphatic heterocycles. The lowest BCUT2D eigenvalue weighted by Gasteiger charge is -2.06. The number of hydrogen-bond acceptors (Lipinski definition) is 7. The summed E-state index contributed by atoms with van der Waals surface area (Å²) in [6.45, 7) is 3.58. The van der Waals surface area contributed by atoms with Crippen LogP contribution in [0.3, 0.4) is 0 Å². The van der Waals surface area contributed by atoms with E-state index in [2.05, 4.69) is 25.4 Å². The maximum absolute atomic E-state index is 11.0. The molecule has 8 nitrogen and oxygen atoms in total. The van der Waals surface area contributed by atoms with Crippen molar-refractivity contribution in [1.82, 2.24) is 20.1 Å². The number of nitrogens with zero attached hydrogens (tertiary/aromatic N) is 4. The maximum Gasteiger partial charge on any atom is 0.341 e. The molecule has 2 heterocycles. The summed E-state index contributed by atoms with van der Waals surface area (Å²) in [5, 5.41) is 15.5. The number of anilines is 1. The second kappa shape index (κ2) is 4.78. The summed E-state index contributed by atoms with van der Waals surface area (Å²) in [7, 11) is 0. The van der Waals surface area contributed by atoms with Crippen LogP contribution in [0.15, 0.2) is 10.7 Å². The minimum atomic E-state index is -1.10. The van der Waals surface area contributed by atoms with Crippen LogP contribution in [0.5, 0.6) is 0 Å². The first-order valence-corrected chi connectivity index (χ1v) is 5.16. The highest BCUT2D eigenvalue weighted by molar-refractivity contribution is 5.92. The Morgan fingerprint density at radius 3 is 2.78 bits per heavy atom. The third-order valence-electron chi connectivity index (χ3n) is 2.12. The predicted molar refractivity (Wildman–Crippen MR) is 60.1 cm³/mol. The van der Waals surface area contributed by atoms with Crippen molar-refractivity contribution in [3.8, 4) is 0 Å². The lowest BCUT2D eigenvalue weighted by Crippen LogP contribution is -2.10. The Kier molecular flexibility index (Phi) is 3.18. The molecule has 0 atom stereocenters. The van der Waals surface area contributed by atoms with Crippen molar-refractivity contribution in [1.29, 1.82) is 0 Å². The van der Waals surface area contributed by atoms with E-state index in [1.807, 2.05) is 0 Å². The monoisotopic (exact) mass is 249 g/mol. The van der Waals surface area contributed by atoms with E-state index in [-0.39, 0.29) is 17.9 Å². The van der Waals surface area contributed by atoms with Gasteiger partial charge in [0.05, 0.1) is 6.54 Å². The quantitative estimate of drug-likeness (QED) is 0.817. The third-order valence-corrected chi connectivity index (χ3v) is 2.12. The van der Waals surface area contributed by atoms with E-state index in [1.165, 1.54) is 6.20 Å². The number of aromatic carboxylic acids is 1. The molecular weight excluding hydrogens is 238 g/mol. The summed E-state index contributed by atoms with van der Waals surface area (Å²) in [5.74, 6) is 0.485. The standard InChI is InChI=1S/C10H11N5O3/c1-5-11-3-7(10(16)17)9(14-5)12-4-8-13-6(2)15-18-8/h3H,4H2,1-2H3,(H,16,17)(H,11,12,14). The lowest BCUT2D eigenvalue weighted by molar-refractivity contribution is 0.0697. The Hall–Kier alpha value is -2.51.